The lowest BCUT2D eigenvalue weighted by atomic mass is 9.76. The van der Waals surface area contributed by atoms with E-state index < -0.39 is 29.4 Å². The third kappa shape index (κ3) is 4.31. The molecule has 1 heterocycles. The first kappa shape index (κ1) is 24.0. The lowest BCUT2D eigenvalue weighted by molar-refractivity contribution is -0.246. The second-order valence-corrected chi connectivity index (χ2v) is 8.12. The third-order valence-corrected chi connectivity index (χ3v) is 6.09. The van der Waals surface area contributed by atoms with Crippen LogP contribution in [0, 0.1) is 11.7 Å². The number of carbonyl (C=O) groups excluding carboxylic acids is 1. The third-order valence-electron chi connectivity index (χ3n) is 5.80. The van der Waals surface area contributed by atoms with E-state index in [1.807, 2.05) is 0 Å². The summed E-state index contributed by atoms with van der Waals surface area (Å²) >= 11 is 5.75. The van der Waals surface area contributed by atoms with E-state index in [0.29, 0.717) is 17.5 Å². The van der Waals surface area contributed by atoms with Crippen LogP contribution >= 0.6 is 11.6 Å². The number of anilines is 1. The summed E-state index contributed by atoms with van der Waals surface area (Å²) in [6, 6.07) is 7.03. The number of alkyl halides is 3. The van der Waals surface area contributed by atoms with Gasteiger partial charge in [-0.15, -0.1) is 0 Å². The van der Waals surface area contributed by atoms with Crippen LogP contribution in [0.4, 0.5) is 28.9 Å². The van der Waals surface area contributed by atoms with Gasteiger partial charge in [-0.2, -0.15) is 13.2 Å². The Bertz CT molecular complexity index is 1070. The van der Waals surface area contributed by atoms with E-state index in [4.69, 9.17) is 16.3 Å². The van der Waals surface area contributed by atoms with E-state index in [-0.39, 0.29) is 34.4 Å². The minimum Gasteiger partial charge on any atom is -0.493 e. The van der Waals surface area contributed by atoms with Gasteiger partial charge in [0.2, 0.25) is 5.91 Å². The molecule has 5 nitrogen and oxygen atoms in total. The summed E-state index contributed by atoms with van der Waals surface area (Å²) in [5.41, 5.74) is -1.89. The monoisotopic (exact) mass is 472 g/mol. The number of methoxy groups -OCH3 is 1. The number of hydrogen-bond donors (Lipinski definition) is 2. The fraction of sp³-hybridized carbons (Fsp3) is 0.364. The number of halogens is 5. The highest BCUT2D eigenvalue weighted by molar-refractivity contribution is 6.30. The average molecular weight is 473 g/mol. The predicted octanol–water partition coefficient (Wildman–Crippen LogP) is 5.42. The zero-order valence-electron chi connectivity index (χ0n) is 17.4. The molecule has 0 saturated carbocycles. The molecule has 2 aromatic carbocycles. The van der Waals surface area contributed by atoms with E-state index in [9.17, 15) is 27.5 Å². The Morgan fingerprint density at radius 3 is 2.56 bits per heavy atom. The zero-order chi connectivity index (χ0) is 23.8. The second-order valence-electron chi connectivity index (χ2n) is 7.71. The molecule has 0 radical (unpaired) electrons. The smallest absolute Gasteiger partial charge is 0.422 e. The standard InChI is InChI=1S/C22H21ClF4N2O3/c1-11(15-5-6-16(23)19(24)20(15)32-3)12(2)21(31,22(25,26)27)10-28-14-4-7-17-13(8-14)9-18(30)29-17/h4-8,10-12,31H,9H2,1-3H3,(H,29,30). The van der Waals surface area contributed by atoms with Gasteiger partial charge in [0.1, 0.15) is 0 Å². The summed E-state index contributed by atoms with van der Waals surface area (Å²) < 4.78 is 61.4. The van der Waals surface area contributed by atoms with Gasteiger partial charge in [0, 0.05) is 23.4 Å². The number of benzene rings is 2. The lowest BCUT2D eigenvalue weighted by Gasteiger charge is -2.36. The lowest BCUT2D eigenvalue weighted by Crippen LogP contribution is -2.53. The summed E-state index contributed by atoms with van der Waals surface area (Å²) in [7, 11) is 1.18. The number of hydrogen-bond acceptors (Lipinski definition) is 4. The quantitative estimate of drug-likeness (QED) is 0.436. The minimum atomic E-state index is -5.07. The number of nitrogens with zero attached hydrogens (tertiary/aromatic N) is 1. The molecule has 0 saturated heterocycles. The minimum absolute atomic E-state index is 0.0948. The number of aliphatic imine (C=N–C) groups is 1. The van der Waals surface area contributed by atoms with Crippen molar-refractivity contribution in [2.75, 3.05) is 12.4 Å². The van der Waals surface area contributed by atoms with Gasteiger partial charge in [0.05, 0.1) is 24.2 Å². The van der Waals surface area contributed by atoms with Crippen LogP contribution in [0.5, 0.6) is 5.75 Å². The molecule has 0 aromatic heterocycles. The van der Waals surface area contributed by atoms with E-state index >= 15 is 0 Å². The van der Waals surface area contributed by atoms with Crippen LogP contribution in [0.1, 0.15) is 30.9 Å². The molecule has 10 heteroatoms. The molecule has 2 aromatic rings. The second kappa shape index (κ2) is 8.71. The van der Waals surface area contributed by atoms with Gasteiger partial charge < -0.3 is 15.2 Å². The zero-order valence-corrected chi connectivity index (χ0v) is 18.2. The van der Waals surface area contributed by atoms with Crippen molar-refractivity contribution in [1.82, 2.24) is 0 Å². The maximum absolute atomic E-state index is 14.3. The Labute approximate surface area is 187 Å². The molecule has 172 valence electrons. The highest BCUT2D eigenvalue weighted by Crippen LogP contribution is 2.45. The number of aliphatic hydroxyl groups is 1. The maximum atomic E-state index is 14.3. The Morgan fingerprint density at radius 1 is 1.25 bits per heavy atom. The Kier molecular flexibility index (Phi) is 6.53. The van der Waals surface area contributed by atoms with Crippen molar-refractivity contribution in [3.8, 4) is 5.75 Å². The van der Waals surface area contributed by atoms with Crippen molar-refractivity contribution in [3.05, 3.63) is 52.3 Å². The first-order valence-electron chi connectivity index (χ1n) is 9.68. The van der Waals surface area contributed by atoms with Crippen molar-refractivity contribution in [1.29, 1.82) is 0 Å². The Balaban J connectivity index is 1.97. The highest BCUT2D eigenvalue weighted by Gasteiger charge is 2.57. The van der Waals surface area contributed by atoms with Gasteiger partial charge in [0.25, 0.3) is 0 Å². The molecule has 1 aliphatic rings. The summed E-state index contributed by atoms with van der Waals surface area (Å²) in [5, 5.41) is 13.1. The predicted molar refractivity (Wildman–Crippen MR) is 113 cm³/mol. The maximum Gasteiger partial charge on any atom is 0.422 e. The van der Waals surface area contributed by atoms with Crippen LogP contribution < -0.4 is 10.1 Å². The summed E-state index contributed by atoms with van der Waals surface area (Å²) in [6.45, 7) is 2.62. The van der Waals surface area contributed by atoms with E-state index in [0.717, 1.165) is 0 Å². The molecule has 0 fully saturated rings. The average Bonchev–Trinajstić information content (AvgIpc) is 3.11. The SMILES string of the molecule is COc1c(C(C)C(C)C(O)(C=Nc2ccc3c(c2)CC(=O)N3)C(F)(F)F)ccc(Cl)c1F. The van der Waals surface area contributed by atoms with Crippen LogP contribution in [0.15, 0.2) is 35.3 Å². The van der Waals surface area contributed by atoms with Gasteiger partial charge in [-0.05, 0) is 35.7 Å². The van der Waals surface area contributed by atoms with E-state index in [2.05, 4.69) is 10.3 Å². The molecular formula is C22H21ClF4N2O3. The molecule has 32 heavy (non-hydrogen) atoms. The Morgan fingerprint density at radius 2 is 1.94 bits per heavy atom. The summed E-state index contributed by atoms with van der Waals surface area (Å²) in [6.07, 6.45) is -4.53. The van der Waals surface area contributed by atoms with Crippen LogP contribution in [-0.4, -0.2) is 36.1 Å². The largest absolute Gasteiger partial charge is 0.493 e. The van der Waals surface area contributed by atoms with Crippen LogP contribution in [0.25, 0.3) is 0 Å². The number of nitrogens with one attached hydrogen (secondary N) is 1. The number of rotatable bonds is 6. The molecule has 0 aliphatic carbocycles. The number of fused-ring (bicyclic) bond motifs is 1. The van der Waals surface area contributed by atoms with Crippen molar-refractivity contribution in [2.24, 2.45) is 10.9 Å². The van der Waals surface area contributed by atoms with Crippen molar-refractivity contribution >= 4 is 35.1 Å². The summed E-state index contributed by atoms with van der Waals surface area (Å²) in [5.74, 6) is -3.86. The molecule has 1 amide bonds. The molecule has 3 atom stereocenters. The fourth-order valence-corrected chi connectivity index (χ4v) is 3.83. The summed E-state index contributed by atoms with van der Waals surface area (Å²) in [4.78, 5) is 15.3. The number of carbonyl (C=O) groups is 1. The molecule has 2 N–H and O–H groups in total. The van der Waals surface area contributed by atoms with Crippen LogP contribution in [0.3, 0.4) is 0 Å². The molecule has 3 rings (SSSR count). The van der Waals surface area contributed by atoms with Gasteiger partial charge in [0.15, 0.2) is 17.2 Å². The topological polar surface area (TPSA) is 70.9 Å². The normalized spacial score (nSPS) is 17.6. The van der Waals surface area contributed by atoms with Gasteiger partial charge in [-0.1, -0.05) is 31.5 Å². The van der Waals surface area contributed by atoms with E-state index in [1.165, 1.54) is 51.3 Å². The van der Waals surface area contributed by atoms with Crippen molar-refractivity contribution < 1.29 is 32.2 Å². The van der Waals surface area contributed by atoms with Crippen molar-refractivity contribution in [2.45, 2.75) is 38.0 Å². The van der Waals surface area contributed by atoms with Gasteiger partial charge in [-0.3, -0.25) is 9.79 Å². The molecule has 3 unspecified atom stereocenters. The molecular weight excluding hydrogens is 452 g/mol. The van der Waals surface area contributed by atoms with Gasteiger partial charge in [-0.25, -0.2) is 4.39 Å². The Hall–Kier alpha value is -2.65. The first-order chi connectivity index (χ1) is 14.9. The van der Waals surface area contributed by atoms with Crippen LogP contribution in [-0.2, 0) is 11.2 Å². The van der Waals surface area contributed by atoms with Crippen LogP contribution in [0.2, 0.25) is 5.02 Å². The van der Waals surface area contributed by atoms with Crippen molar-refractivity contribution in [3.63, 3.8) is 0 Å². The molecule has 0 bridgehead atoms. The molecule has 0 spiro atoms. The fourth-order valence-electron chi connectivity index (χ4n) is 3.68. The number of ether oxygens (including phenoxy) is 1. The molecule has 1 aliphatic heterocycles. The van der Waals surface area contributed by atoms with Gasteiger partial charge >= 0.3 is 6.18 Å². The first-order valence-corrected chi connectivity index (χ1v) is 10.1. The highest BCUT2D eigenvalue weighted by atomic mass is 35.5. The number of amides is 1. The van der Waals surface area contributed by atoms with E-state index in [1.54, 1.807) is 0 Å².